The number of carbonyl (C=O) groups is 5. The van der Waals surface area contributed by atoms with Gasteiger partial charge in [0.1, 0.15) is 5.71 Å². The fourth-order valence-electron chi connectivity index (χ4n) is 5.63. The summed E-state index contributed by atoms with van der Waals surface area (Å²) in [4.78, 5) is 60.9. The molecular formula is C47H85N7O14. The molecule has 0 saturated carbocycles. The van der Waals surface area contributed by atoms with Crippen molar-refractivity contribution in [1.82, 2.24) is 21.3 Å². The molecule has 0 radical (unpaired) electrons. The molecule has 21 nitrogen and oxygen atoms in total. The van der Waals surface area contributed by atoms with Gasteiger partial charge in [-0.05, 0) is 63.9 Å². The summed E-state index contributed by atoms with van der Waals surface area (Å²) in [5.74, 6) is 4.09. The number of amides is 4. The van der Waals surface area contributed by atoms with E-state index in [1.165, 1.54) is 0 Å². The number of hydrogen-bond acceptors (Lipinski definition) is 16. The number of nitrogens with two attached hydrogens (primary N) is 1. The third kappa shape index (κ3) is 42.7. The fourth-order valence-corrected chi connectivity index (χ4v) is 5.63. The molecule has 1 aromatic carbocycles. The lowest BCUT2D eigenvalue weighted by Crippen LogP contribution is -2.35. The zero-order valence-corrected chi connectivity index (χ0v) is 40.9. The van der Waals surface area contributed by atoms with E-state index >= 15 is 0 Å². The van der Waals surface area contributed by atoms with Crippen molar-refractivity contribution < 1.29 is 68.5 Å². The Kier molecular flexibility index (Phi) is 47.0. The molecule has 0 aliphatic rings. The minimum atomic E-state index is -1.52. The number of nitrogens with one attached hydrogen (secondary N) is 4. The molecule has 1 rings (SSSR count). The van der Waals surface area contributed by atoms with Crippen LogP contribution in [0, 0.1) is 0 Å². The number of carboxylic acids is 1. The van der Waals surface area contributed by atoms with Gasteiger partial charge in [-0.25, -0.2) is 4.79 Å². The number of carbonyl (C=O) groups excluding carboxylic acids is 4. The molecule has 0 heterocycles. The van der Waals surface area contributed by atoms with Gasteiger partial charge in [0.15, 0.2) is 6.10 Å². The average Bonchev–Trinajstić information content (AvgIpc) is 3.33. The SMILES string of the molecule is CCCCC(=O)NCCCCCCO.CCCNC(=O)CCOCCOCCOCCOCCN=C/C(=N\N)c1ccc(CC(=O)NCC(O)CCC(CCC(O)C(=O)O)NC=O)cc1.CCO. The van der Waals surface area contributed by atoms with Crippen LogP contribution in [0.2, 0.25) is 0 Å². The molecule has 0 fully saturated rings. The number of rotatable bonds is 41. The van der Waals surface area contributed by atoms with E-state index in [0.29, 0.717) is 103 Å². The number of ether oxygens (including phenoxy) is 4. The standard InChI is InChI=1S/C34H56N6O11.C11H23NO2.C2H6O/c1-2-12-37-32(44)11-14-48-16-18-50-20-21-51-19-17-49-15-13-36-24-30(40-35)27-5-3-26(4-6-27)22-33(45)38-23-29(42)9-7-28(39-25-41)8-10-31(43)34(46)47;1-2-3-8-11(14)12-9-6-4-5-7-10-13;1-2-3/h3-6,24-25,28-29,31,42-43H,2,7-23,35H2,1H3,(H,37,44)(H,38,45)(H,39,41)(H,46,47);13H,2-10H2,1H3,(H,12,14);3H,2H2,1H3/b36-24?,40-30+;;. The fraction of sp³-hybridized carbons (Fsp3) is 0.723. The number of unbranched alkanes of at least 4 members (excludes halogenated alkanes) is 4. The summed E-state index contributed by atoms with van der Waals surface area (Å²) in [6, 6.07) is 6.67. The van der Waals surface area contributed by atoms with Crippen LogP contribution in [0.3, 0.4) is 0 Å². The van der Waals surface area contributed by atoms with Crippen LogP contribution in [0.15, 0.2) is 34.4 Å². The van der Waals surface area contributed by atoms with Crippen LogP contribution in [0.5, 0.6) is 0 Å². The number of hydrogen-bond donors (Lipinski definition) is 10. The Balaban J connectivity index is 0. The lowest BCUT2D eigenvalue weighted by molar-refractivity contribution is -0.147. The van der Waals surface area contributed by atoms with E-state index in [1.807, 2.05) is 6.92 Å². The molecule has 1 aromatic rings. The van der Waals surface area contributed by atoms with E-state index in [0.717, 1.165) is 57.1 Å². The van der Waals surface area contributed by atoms with Crippen LogP contribution in [-0.2, 0) is 49.3 Å². The van der Waals surface area contributed by atoms with Gasteiger partial charge in [-0.15, -0.1) is 0 Å². The third-order valence-electron chi connectivity index (χ3n) is 9.42. The van der Waals surface area contributed by atoms with Crippen LogP contribution in [0.25, 0.3) is 0 Å². The molecule has 21 heteroatoms. The van der Waals surface area contributed by atoms with Crippen molar-refractivity contribution in [2.75, 3.05) is 92.2 Å². The molecule has 11 N–H and O–H groups in total. The smallest absolute Gasteiger partial charge is 0.332 e. The Labute approximate surface area is 403 Å². The molecule has 4 amide bonds. The topological polar surface area (TPSA) is 322 Å². The largest absolute Gasteiger partial charge is 0.479 e. The second-order valence-corrected chi connectivity index (χ2v) is 15.3. The van der Waals surface area contributed by atoms with Crippen molar-refractivity contribution >= 4 is 42.0 Å². The molecule has 392 valence electrons. The van der Waals surface area contributed by atoms with Gasteiger partial charge in [0, 0.05) is 63.5 Å². The number of hydrazone groups is 1. The predicted molar refractivity (Wildman–Crippen MR) is 260 cm³/mol. The highest BCUT2D eigenvalue weighted by atomic mass is 16.6. The molecule has 0 aromatic heterocycles. The number of nitrogens with zero attached hydrogens (tertiary/aromatic N) is 2. The van der Waals surface area contributed by atoms with Crippen molar-refractivity contribution in [3.05, 3.63) is 35.4 Å². The monoisotopic (exact) mass is 972 g/mol. The maximum atomic E-state index is 12.4. The van der Waals surface area contributed by atoms with Crippen LogP contribution in [0.4, 0.5) is 0 Å². The average molecular weight is 972 g/mol. The first-order valence-electron chi connectivity index (χ1n) is 23.9. The Bertz CT molecular complexity index is 1460. The Hall–Kier alpha value is -4.61. The Morgan fingerprint density at radius 2 is 1.26 bits per heavy atom. The molecule has 0 bridgehead atoms. The summed E-state index contributed by atoms with van der Waals surface area (Å²) < 4.78 is 21.8. The van der Waals surface area contributed by atoms with Crippen LogP contribution in [0.1, 0.15) is 115 Å². The number of aliphatic carboxylic acids is 1. The summed E-state index contributed by atoms with van der Waals surface area (Å²) in [5, 5.41) is 59.3. The van der Waals surface area contributed by atoms with Crippen molar-refractivity contribution in [1.29, 1.82) is 0 Å². The van der Waals surface area contributed by atoms with Crippen LogP contribution < -0.4 is 27.1 Å². The number of benzene rings is 1. The molecule has 3 unspecified atom stereocenters. The number of aliphatic imine (C=N–C) groups is 1. The van der Waals surface area contributed by atoms with Crippen LogP contribution >= 0.6 is 0 Å². The van der Waals surface area contributed by atoms with Gasteiger partial charge >= 0.3 is 5.97 Å². The maximum absolute atomic E-state index is 12.4. The minimum Gasteiger partial charge on any atom is -0.479 e. The van der Waals surface area contributed by atoms with Gasteiger partial charge in [0.05, 0.1) is 71.9 Å². The van der Waals surface area contributed by atoms with E-state index < -0.39 is 24.2 Å². The molecule has 3 atom stereocenters. The zero-order chi connectivity index (χ0) is 50.9. The summed E-state index contributed by atoms with van der Waals surface area (Å²) in [5.41, 5.74) is 1.91. The van der Waals surface area contributed by atoms with E-state index in [1.54, 1.807) is 37.4 Å². The summed E-state index contributed by atoms with van der Waals surface area (Å²) in [7, 11) is 0. The van der Waals surface area contributed by atoms with E-state index in [2.05, 4.69) is 38.3 Å². The lowest BCUT2D eigenvalue weighted by atomic mass is 10.0. The van der Waals surface area contributed by atoms with Crippen molar-refractivity contribution in [2.24, 2.45) is 15.9 Å². The molecule has 0 saturated heterocycles. The lowest BCUT2D eigenvalue weighted by Gasteiger charge is -2.19. The highest BCUT2D eigenvalue weighted by Crippen LogP contribution is 2.10. The first-order valence-corrected chi connectivity index (χ1v) is 23.9. The van der Waals surface area contributed by atoms with Gasteiger partial charge in [-0.2, -0.15) is 5.10 Å². The molecule has 0 spiro atoms. The highest BCUT2D eigenvalue weighted by Gasteiger charge is 2.18. The van der Waals surface area contributed by atoms with Gasteiger partial charge in [-0.3, -0.25) is 24.2 Å². The highest BCUT2D eigenvalue weighted by molar-refractivity contribution is 6.38. The van der Waals surface area contributed by atoms with Gasteiger partial charge in [-0.1, -0.05) is 57.4 Å². The molecule has 68 heavy (non-hydrogen) atoms. The minimum absolute atomic E-state index is 0.00894. The Morgan fingerprint density at radius 1 is 0.691 bits per heavy atom. The molecular weight excluding hydrogens is 887 g/mol. The van der Waals surface area contributed by atoms with Crippen molar-refractivity contribution in [2.45, 2.75) is 129 Å². The van der Waals surface area contributed by atoms with Crippen molar-refractivity contribution in [3.8, 4) is 0 Å². The third-order valence-corrected chi connectivity index (χ3v) is 9.42. The van der Waals surface area contributed by atoms with E-state index in [9.17, 15) is 34.2 Å². The molecule has 0 aliphatic heterocycles. The van der Waals surface area contributed by atoms with Gasteiger partial charge < -0.3 is 71.6 Å². The first-order chi connectivity index (χ1) is 32.9. The van der Waals surface area contributed by atoms with Crippen LogP contribution in [-0.4, -0.2) is 178 Å². The Morgan fingerprint density at radius 3 is 1.84 bits per heavy atom. The summed E-state index contributed by atoms with van der Waals surface area (Å²) >= 11 is 0. The second-order valence-electron chi connectivity index (χ2n) is 15.3. The number of carboxylic acid groups (broad SMARTS) is 1. The van der Waals surface area contributed by atoms with Crippen molar-refractivity contribution in [3.63, 3.8) is 0 Å². The van der Waals surface area contributed by atoms with Gasteiger partial charge in [0.2, 0.25) is 24.1 Å². The normalized spacial score (nSPS) is 12.4. The van der Waals surface area contributed by atoms with E-state index in [4.69, 9.17) is 40.1 Å². The first kappa shape index (κ1) is 65.5. The van der Waals surface area contributed by atoms with E-state index in [-0.39, 0.29) is 63.2 Å². The summed E-state index contributed by atoms with van der Waals surface area (Å²) in [6.45, 7) is 11.5. The quantitative estimate of drug-likeness (QED) is 0.0146. The summed E-state index contributed by atoms with van der Waals surface area (Å²) in [6.07, 6.45) is 8.54. The zero-order valence-electron chi connectivity index (χ0n) is 40.9. The predicted octanol–water partition coefficient (Wildman–Crippen LogP) is 1.39. The molecule has 0 aliphatic carbocycles. The maximum Gasteiger partial charge on any atom is 0.332 e. The second kappa shape index (κ2) is 48.8. The van der Waals surface area contributed by atoms with Gasteiger partial charge in [0.25, 0.3) is 0 Å². The number of aliphatic hydroxyl groups is 4. The number of aliphatic hydroxyl groups excluding tert-OH is 4.